The quantitative estimate of drug-likeness (QED) is 0.738. The number of anilines is 1. The Hall–Kier alpha value is -1.81. The SMILES string of the molecule is CCc1nc2cc(N)ccc2n1Cc1ccc(Br)cc1. The third-order valence-electron chi connectivity index (χ3n) is 3.42. The number of benzene rings is 2. The standard InChI is InChI=1S/C16H16BrN3/c1-2-16-19-14-9-13(18)7-8-15(14)20(16)10-11-3-5-12(17)6-4-11/h3-9H,2,10,18H2,1H3. The Kier molecular flexibility index (Phi) is 3.49. The van der Waals surface area contributed by atoms with Crippen molar-refractivity contribution in [3.63, 3.8) is 0 Å². The van der Waals surface area contributed by atoms with Crippen LogP contribution in [-0.4, -0.2) is 9.55 Å². The normalized spacial score (nSPS) is 11.1. The van der Waals surface area contributed by atoms with Crippen LogP contribution < -0.4 is 5.73 Å². The maximum Gasteiger partial charge on any atom is 0.109 e. The van der Waals surface area contributed by atoms with E-state index >= 15 is 0 Å². The van der Waals surface area contributed by atoms with E-state index < -0.39 is 0 Å². The van der Waals surface area contributed by atoms with Crippen molar-refractivity contribution in [2.45, 2.75) is 19.9 Å². The van der Waals surface area contributed by atoms with E-state index in [-0.39, 0.29) is 0 Å². The number of imidazole rings is 1. The van der Waals surface area contributed by atoms with Crippen LogP contribution in [0, 0.1) is 0 Å². The topological polar surface area (TPSA) is 43.8 Å². The highest BCUT2D eigenvalue weighted by molar-refractivity contribution is 9.10. The minimum Gasteiger partial charge on any atom is -0.399 e. The van der Waals surface area contributed by atoms with Crippen LogP contribution in [0.3, 0.4) is 0 Å². The highest BCUT2D eigenvalue weighted by atomic mass is 79.9. The number of halogens is 1. The molecule has 0 unspecified atom stereocenters. The molecule has 1 aromatic heterocycles. The number of nitrogens with zero attached hydrogens (tertiary/aromatic N) is 2. The van der Waals surface area contributed by atoms with E-state index in [9.17, 15) is 0 Å². The average molecular weight is 330 g/mol. The molecule has 20 heavy (non-hydrogen) atoms. The first-order valence-corrected chi connectivity index (χ1v) is 7.45. The first-order chi connectivity index (χ1) is 9.67. The lowest BCUT2D eigenvalue weighted by molar-refractivity contribution is 0.753. The number of hydrogen-bond donors (Lipinski definition) is 1. The van der Waals surface area contributed by atoms with Crippen molar-refractivity contribution in [2.24, 2.45) is 0 Å². The van der Waals surface area contributed by atoms with Gasteiger partial charge < -0.3 is 10.3 Å². The summed E-state index contributed by atoms with van der Waals surface area (Å²) < 4.78 is 3.36. The Morgan fingerprint density at radius 3 is 2.60 bits per heavy atom. The van der Waals surface area contributed by atoms with Crippen molar-refractivity contribution < 1.29 is 0 Å². The van der Waals surface area contributed by atoms with E-state index in [0.29, 0.717) is 0 Å². The molecular formula is C16H16BrN3. The van der Waals surface area contributed by atoms with Crippen LogP contribution in [0.25, 0.3) is 11.0 Å². The van der Waals surface area contributed by atoms with Gasteiger partial charge in [-0.2, -0.15) is 0 Å². The zero-order valence-electron chi connectivity index (χ0n) is 11.3. The van der Waals surface area contributed by atoms with Gasteiger partial charge in [0.05, 0.1) is 11.0 Å². The lowest BCUT2D eigenvalue weighted by atomic mass is 10.2. The number of aromatic nitrogens is 2. The minimum absolute atomic E-state index is 0.758. The molecule has 3 aromatic rings. The maximum atomic E-state index is 5.84. The minimum atomic E-state index is 0.758. The lowest BCUT2D eigenvalue weighted by Gasteiger charge is -2.08. The summed E-state index contributed by atoms with van der Waals surface area (Å²) in [7, 11) is 0. The van der Waals surface area contributed by atoms with Crippen molar-refractivity contribution in [1.82, 2.24) is 9.55 Å². The van der Waals surface area contributed by atoms with Gasteiger partial charge in [0.1, 0.15) is 5.82 Å². The van der Waals surface area contributed by atoms with Gasteiger partial charge in [0.15, 0.2) is 0 Å². The zero-order valence-corrected chi connectivity index (χ0v) is 12.9. The molecule has 0 radical (unpaired) electrons. The van der Waals surface area contributed by atoms with Crippen molar-refractivity contribution in [2.75, 3.05) is 5.73 Å². The van der Waals surface area contributed by atoms with Crippen molar-refractivity contribution in [3.8, 4) is 0 Å². The van der Waals surface area contributed by atoms with E-state index in [2.05, 4.69) is 62.7 Å². The second-order valence-electron chi connectivity index (χ2n) is 4.84. The molecule has 0 aliphatic rings. The Morgan fingerprint density at radius 2 is 1.90 bits per heavy atom. The molecule has 0 saturated heterocycles. The first-order valence-electron chi connectivity index (χ1n) is 6.66. The van der Waals surface area contributed by atoms with Gasteiger partial charge >= 0.3 is 0 Å². The Morgan fingerprint density at radius 1 is 1.15 bits per heavy atom. The second-order valence-corrected chi connectivity index (χ2v) is 5.76. The molecule has 0 aliphatic carbocycles. The number of hydrogen-bond acceptors (Lipinski definition) is 2. The summed E-state index contributed by atoms with van der Waals surface area (Å²) in [5, 5.41) is 0. The largest absolute Gasteiger partial charge is 0.399 e. The molecule has 0 aliphatic heterocycles. The van der Waals surface area contributed by atoms with Crippen LogP contribution in [0.15, 0.2) is 46.9 Å². The molecule has 1 heterocycles. The number of rotatable bonds is 3. The smallest absolute Gasteiger partial charge is 0.109 e. The lowest BCUT2D eigenvalue weighted by Crippen LogP contribution is -2.04. The van der Waals surface area contributed by atoms with Gasteiger partial charge in [-0.1, -0.05) is 35.0 Å². The van der Waals surface area contributed by atoms with Crippen LogP contribution >= 0.6 is 15.9 Å². The van der Waals surface area contributed by atoms with Gasteiger partial charge in [-0.25, -0.2) is 4.98 Å². The summed E-state index contributed by atoms with van der Waals surface area (Å²) in [6.45, 7) is 2.96. The molecule has 0 saturated carbocycles. The molecule has 0 fully saturated rings. The van der Waals surface area contributed by atoms with Gasteiger partial charge in [-0.15, -0.1) is 0 Å². The third kappa shape index (κ3) is 2.43. The summed E-state index contributed by atoms with van der Waals surface area (Å²) in [4.78, 5) is 4.68. The summed E-state index contributed by atoms with van der Waals surface area (Å²) in [6, 6.07) is 14.3. The molecule has 0 spiro atoms. The van der Waals surface area contributed by atoms with Crippen molar-refractivity contribution in [1.29, 1.82) is 0 Å². The molecule has 2 N–H and O–H groups in total. The summed E-state index contributed by atoms with van der Waals surface area (Å²) in [6.07, 6.45) is 0.908. The summed E-state index contributed by atoms with van der Waals surface area (Å²) in [5.41, 5.74) is 9.97. The Labute approximate surface area is 126 Å². The third-order valence-corrected chi connectivity index (χ3v) is 3.95. The fourth-order valence-corrected chi connectivity index (χ4v) is 2.68. The van der Waals surface area contributed by atoms with Crippen molar-refractivity contribution >= 4 is 32.7 Å². The summed E-state index contributed by atoms with van der Waals surface area (Å²) in [5.74, 6) is 1.09. The summed E-state index contributed by atoms with van der Waals surface area (Å²) >= 11 is 3.47. The molecule has 0 bridgehead atoms. The molecule has 0 amide bonds. The van der Waals surface area contributed by atoms with Gasteiger partial charge in [-0.05, 0) is 35.9 Å². The predicted molar refractivity (Wildman–Crippen MR) is 86.8 cm³/mol. The van der Waals surface area contributed by atoms with Crippen LogP contribution in [0.2, 0.25) is 0 Å². The molecule has 2 aromatic carbocycles. The molecule has 0 atom stereocenters. The first kappa shape index (κ1) is 13.2. The number of nitrogens with two attached hydrogens (primary N) is 1. The fraction of sp³-hybridized carbons (Fsp3) is 0.188. The van der Waals surface area contributed by atoms with Crippen LogP contribution in [0.1, 0.15) is 18.3 Å². The van der Waals surface area contributed by atoms with Gasteiger partial charge in [0.25, 0.3) is 0 Å². The Balaban J connectivity index is 2.07. The number of nitrogen functional groups attached to an aromatic ring is 1. The van der Waals surface area contributed by atoms with E-state index in [1.165, 1.54) is 5.56 Å². The molecule has 102 valence electrons. The molecular weight excluding hydrogens is 314 g/mol. The van der Waals surface area contributed by atoms with Gasteiger partial charge in [0.2, 0.25) is 0 Å². The van der Waals surface area contributed by atoms with E-state index in [1.807, 2.05) is 12.1 Å². The maximum absolute atomic E-state index is 5.84. The second kappa shape index (κ2) is 5.29. The van der Waals surface area contributed by atoms with Crippen molar-refractivity contribution in [3.05, 3.63) is 58.3 Å². The predicted octanol–water partition coefficient (Wildman–Crippen LogP) is 3.99. The molecule has 3 rings (SSSR count). The van der Waals surface area contributed by atoms with Gasteiger partial charge in [0, 0.05) is 23.1 Å². The molecule has 3 nitrogen and oxygen atoms in total. The number of fused-ring (bicyclic) bond motifs is 1. The van der Waals surface area contributed by atoms with Crippen LogP contribution in [0.4, 0.5) is 5.69 Å². The van der Waals surface area contributed by atoms with Gasteiger partial charge in [-0.3, -0.25) is 0 Å². The number of aryl methyl sites for hydroxylation is 1. The van der Waals surface area contributed by atoms with E-state index in [4.69, 9.17) is 5.73 Å². The van der Waals surface area contributed by atoms with Crippen LogP contribution in [-0.2, 0) is 13.0 Å². The highest BCUT2D eigenvalue weighted by Gasteiger charge is 2.09. The Bertz CT molecular complexity index is 744. The highest BCUT2D eigenvalue weighted by Crippen LogP contribution is 2.21. The fourth-order valence-electron chi connectivity index (χ4n) is 2.42. The zero-order chi connectivity index (χ0) is 14.1. The monoisotopic (exact) mass is 329 g/mol. The van der Waals surface area contributed by atoms with E-state index in [1.54, 1.807) is 0 Å². The van der Waals surface area contributed by atoms with E-state index in [0.717, 1.165) is 40.0 Å². The average Bonchev–Trinajstić information content (AvgIpc) is 2.78. The molecule has 4 heteroatoms. The van der Waals surface area contributed by atoms with Crippen LogP contribution in [0.5, 0.6) is 0 Å².